The Bertz CT molecular complexity index is 84.1. The predicted molar refractivity (Wildman–Crippen MR) is 27.3 cm³/mol. The third-order valence-electron chi connectivity index (χ3n) is 0.605. The molecule has 0 saturated carbocycles. The Morgan fingerprint density at radius 2 is 2.38 bits per heavy atom. The summed E-state index contributed by atoms with van der Waals surface area (Å²) >= 11 is 0. The summed E-state index contributed by atoms with van der Waals surface area (Å²) in [6.07, 6.45) is 2.36. The van der Waals surface area contributed by atoms with Gasteiger partial charge in [0.05, 0.1) is 0 Å². The minimum absolute atomic E-state index is 0.243. The van der Waals surface area contributed by atoms with Gasteiger partial charge in [-0.1, -0.05) is 0 Å². The van der Waals surface area contributed by atoms with Gasteiger partial charge in [0.25, 0.3) is 0 Å². The van der Waals surface area contributed by atoms with Crippen LogP contribution in [0.4, 0.5) is 0 Å². The highest BCUT2D eigenvalue weighted by molar-refractivity contribution is 5.52. The molecule has 0 heterocycles. The number of carbonyl (C=O) groups is 1. The topological polar surface area (TPSA) is 63.4 Å². The van der Waals surface area contributed by atoms with E-state index >= 15 is 0 Å². The van der Waals surface area contributed by atoms with Crippen molar-refractivity contribution in [2.75, 3.05) is 6.54 Å². The van der Waals surface area contributed by atoms with Crippen molar-refractivity contribution in [2.24, 2.45) is 5.84 Å². The highest BCUT2D eigenvalue weighted by atomic mass is 16.1. The Labute approximate surface area is 47.2 Å². The number of nitrogens with zero attached hydrogens (tertiary/aromatic N) is 1. The van der Waals surface area contributed by atoms with Gasteiger partial charge in [-0.25, -0.2) is 5.84 Å². The first-order chi connectivity index (χ1) is 3.81. The second-order valence-electron chi connectivity index (χ2n) is 1.24. The van der Waals surface area contributed by atoms with Crippen LogP contribution in [0.2, 0.25) is 0 Å². The van der Waals surface area contributed by atoms with Crippen LogP contribution in [0.3, 0.4) is 0 Å². The first-order valence-corrected chi connectivity index (χ1v) is 2.15. The van der Waals surface area contributed by atoms with Gasteiger partial charge in [-0.15, -0.1) is 0 Å². The first-order valence-electron chi connectivity index (χ1n) is 2.15. The molecule has 0 spiro atoms. The van der Waals surface area contributed by atoms with E-state index in [1.54, 1.807) is 0 Å². The average molecular weight is 115 g/mol. The van der Waals surface area contributed by atoms with E-state index < -0.39 is 0 Å². The van der Waals surface area contributed by atoms with Gasteiger partial charge in [-0.2, -0.15) is 0 Å². The van der Waals surface area contributed by atoms with E-state index in [0.29, 0.717) is 6.29 Å². The zero-order valence-electron chi connectivity index (χ0n) is 4.33. The lowest BCUT2D eigenvalue weighted by molar-refractivity contribution is -0.108. The third kappa shape index (κ3) is 3.30. The van der Waals surface area contributed by atoms with E-state index in [-0.39, 0.29) is 13.0 Å². The summed E-state index contributed by atoms with van der Waals surface area (Å²) in [4.78, 5) is 19.2. The molecule has 0 unspecified atom stereocenters. The fourth-order valence-corrected chi connectivity index (χ4v) is 0.237. The van der Waals surface area contributed by atoms with Crippen molar-refractivity contribution in [1.29, 1.82) is 0 Å². The maximum absolute atomic E-state index is 9.61. The minimum Gasteiger partial charge on any atom is -0.303 e. The summed E-state index contributed by atoms with van der Waals surface area (Å²) in [5.74, 6) is 4.91. The van der Waals surface area contributed by atoms with Gasteiger partial charge in [-0.05, 0) is 0 Å². The molecular weight excluding hydrogens is 108 g/mol. The SMILES string of the molecule is NN([C]=O)CCC=O. The number of hydrogen-bond acceptors (Lipinski definition) is 3. The number of nitrogens with two attached hydrogens (primary N) is 1. The van der Waals surface area contributed by atoms with Crippen LogP contribution in [0, 0.1) is 0 Å². The molecule has 0 bridgehead atoms. The monoisotopic (exact) mass is 115 g/mol. The summed E-state index contributed by atoms with van der Waals surface area (Å²) in [6, 6.07) is 0. The van der Waals surface area contributed by atoms with Gasteiger partial charge in [0.15, 0.2) is 0 Å². The quantitative estimate of drug-likeness (QED) is 0.165. The van der Waals surface area contributed by atoms with Crippen molar-refractivity contribution in [3.05, 3.63) is 0 Å². The summed E-state index contributed by atoms with van der Waals surface area (Å²) < 4.78 is 0. The molecule has 1 radical (unpaired) electrons. The number of aldehydes is 1. The van der Waals surface area contributed by atoms with Gasteiger partial charge in [0.2, 0.25) is 0 Å². The molecule has 0 saturated heterocycles. The maximum Gasteiger partial charge on any atom is 0.327 e. The third-order valence-corrected chi connectivity index (χ3v) is 0.605. The molecule has 0 aromatic rings. The van der Waals surface area contributed by atoms with Gasteiger partial charge in [-0.3, -0.25) is 9.80 Å². The van der Waals surface area contributed by atoms with Crippen molar-refractivity contribution in [3.8, 4) is 0 Å². The van der Waals surface area contributed by atoms with Crippen molar-refractivity contribution in [1.82, 2.24) is 5.01 Å². The highest BCUT2D eigenvalue weighted by Crippen LogP contribution is 1.72. The predicted octanol–water partition coefficient (Wildman–Crippen LogP) is -1.18. The second kappa shape index (κ2) is 4.26. The van der Waals surface area contributed by atoms with E-state index in [9.17, 15) is 9.59 Å². The highest BCUT2D eigenvalue weighted by Gasteiger charge is 1.90. The number of carbonyl (C=O) groups excluding carboxylic acids is 2. The summed E-state index contributed by atoms with van der Waals surface area (Å²) in [7, 11) is 0. The van der Waals surface area contributed by atoms with Gasteiger partial charge >= 0.3 is 6.41 Å². The standard InChI is InChI=1S/C4H7N2O2/c5-6(4-8)2-1-3-7/h3H,1-2,5H2. The zero-order chi connectivity index (χ0) is 6.41. The molecule has 0 aliphatic heterocycles. The smallest absolute Gasteiger partial charge is 0.303 e. The summed E-state index contributed by atoms with van der Waals surface area (Å²) in [5, 5.41) is 0.800. The van der Waals surface area contributed by atoms with E-state index in [4.69, 9.17) is 5.84 Å². The van der Waals surface area contributed by atoms with Gasteiger partial charge < -0.3 is 4.79 Å². The molecular formula is C4H7N2O2. The lowest BCUT2D eigenvalue weighted by atomic mass is 10.5. The molecule has 0 fully saturated rings. The molecule has 0 aliphatic rings. The van der Waals surface area contributed by atoms with Crippen LogP contribution in [0.15, 0.2) is 0 Å². The molecule has 0 aliphatic carbocycles. The van der Waals surface area contributed by atoms with Crippen molar-refractivity contribution < 1.29 is 9.59 Å². The average Bonchev–Trinajstić information content (AvgIpc) is 1.83. The van der Waals surface area contributed by atoms with Crippen LogP contribution in [0.25, 0.3) is 0 Å². The molecule has 4 heteroatoms. The Kier molecular flexibility index (Phi) is 3.78. The molecule has 0 atom stereocenters. The molecule has 1 amide bonds. The molecule has 4 nitrogen and oxygen atoms in total. The van der Waals surface area contributed by atoms with E-state index in [0.717, 1.165) is 5.01 Å². The van der Waals surface area contributed by atoms with Crippen LogP contribution in [-0.4, -0.2) is 24.2 Å². The first kappa shape index (κ1) is 7.10. The Hall–Kier alpha value is -0.900. The summed E-state index contributed by atoms with van der Waals surface area (Å²) in [5.41, 5.74) is 0. The largest absolute Gasteiger partial charge is 0.327 e. The molecule has 0 aromatic heterocycles. The van der Waals surface area contributed by atoms with Crippen LogP contribution in [0.5, 0.6) is 0 Å². The van der Waals surface area contributed by atoms with E-state index in [2.05, 4.69) is 0 Å². The number of amides is 1. The Morgan fingerprint density at radius 3 is 2.75 bits per heavy atom. The normalized spacial score (nSPS) is 8.12. The number of rotatable bonds is 4. The summed E-state index contributed by atoms with van der Waals surface area (Å²) in [6.45, 7) is 0.243. The van der Waals surface area contributed by atoms with Gasteiger partial charge in [0, 0.05) is 13.0 Å². The molecule has 45 valence electrons. The van der Waals surface area contributed by atoms with Crippen molar-refractivity contribution >= 4 is 12.7 Å². The number of hydrogen-bond donors (Lipinski definition) is 1. The van der Waals surface area contributed by atoms with Crippen LogP contribution < -0.4 is 5.84 Å². The fraction of sp³-hybridized carbons (Fsp3) is 0.500. The lowest BCUT2D eigenvalue weighted by Crippen LogP contribution is -2.30. The number of hydrazine groups is 1. The fourth-order valence-electron chi connectivity index (χ4n) is 0.237. The molecule has 0 rings (SSSR count). The maximum atomic E-state index is 9.61. The van der Waals surface area contributed by atoms with Crippen molar-refractivity contribution in [3.63, 3.8) is 0 Å². The van der Waals surface area contributed by atoms with E-state index in [1.165, 1.54) is 6.41 Å². The van der Waals surface area contributed by atoms with Gasteiger partial charge in [0.1, 0.15) is 6.29 Å². The van der Waals surface area contributed by atoms with Crippen LogP contribution >= 0.6 is 0 Å². The second-order valence-corrected chi connectivity index (χ2v) is 1.24. The van der Waals surface area contributed by atoms with E-state index in [1.807, 2.05) is 0 Å². The lowest BCUT2D eigenvalue weighted by Gasteiger charge is -2.03. The molecule has 2 N–H and O–H groups in total. The van der Waals surface area contributed by atoms with Crippen LogP contribution in [0.1, 0.15) is 6.42 Å². The Balaban J connectivity index is 3.09. The Morgan fingerprint density at radius 1 is 1.75 bits per heavy atom. The molecule has 8 heavy (non-hydrogen) atoms. The molecule has 0 aromatic carbocycles. The van der Waals surface area contributed by atoms with Crippen molar-refractivity contribution in [2.45, 2.75) is 6.42 Å². The minimum atomic E-state index is 0.243. The van der Waals surface area contributed by atoms with Crippen LogP contribution in [-0.2, 0) is 9.59 Å². The zero-order valence-corrected chi connectivity index (χ0v) is 4.33.